The molecule has 20 heavy (non-hydrogen) atoms. The largest absolute Gasteiger partial charge is 0.398 e. The lowest BCUT2D eigenvalue weighted by Crippen LogP contribution is -2.47. The molecule has 1 aliphatic rings. The summed E-state index contributed by atoms with van der Waals surface area (Å²) >= 11 is 0. The highest BCUT2D eigenvalue weighted by Crippen LogP contribution is 2.13. The van der Waals surface area contributed by atoms with Crippen molar-refractivity contribution in [3.8, 4) is 0 Å². The summed E-state index contributed by atoms with van der Waals surface area (Å²) in [5.41, 5.74) is 7.91. The molecule has 5 heteroatoms. The van der Waals surface area contributed by atoms with E-state index >= 15 is 0 Å². The normalized spacial score (nSPS) is 19.8. The second kappa shape index (κ2) is 6.72. The summed E-state index contributed by atoms with van der Waals surface area (Å²) in [6, 6.07) is 5.47. The number of hydrogen-bond donors (Lipinski definition) is 2. The fraction of sp³-hybridized carbons (Fsp3) is 0.533. The summed E-state index contributed by atoms with van der Waals surface area (Å²) in [5, 5.41) is 2.91. The molecule has 1 aromatic carbocycles. The van der Waals surface area contributed by atoms with E-state index in [-0.39, 0.29) is 12.0 Å². The smallest absolute Gasteiger partial charge is 0.253 e. The van der Waals surface area contributed by atoms with Crippen LogP contribution in [0.15, 0.2) is 18.2 Å². The van der Waals surface area contributed by atoms with Crippen LogP contribution in [0.3, 0.4) is 0 Å². The number of anilines is 1. The number of likely N-dealkylation sites (N-methyl/N-ethyl adjacent to an activating group) is 1. The van der Waals surface area contributed by atoms with Crippen molar-refractivity contribution in [2.24, 2.45) is 0 Å². The van der Waals surface area contributed by atoms with Crippen molar-refractivity contribution in [2.45, 2.75) is 20.0 Å². The Labute approximate surface area is 120 Å². The molecule has 5 nitrogen and oxygen atoms in total. The monoisotopic (exact) mass is 277 g/mol. The van der Waals surface area contributed by atoms with Gasteiger partial charge in [-0.25, -0.2) is 0 Å². The fourth-order valence-electron chi connectivity index (χ4n) is 2.36. The SMILES string of the molecule is CCN1CCOC(CNC(=O)c2cc(C)ccc2N)C1. The van der Waals surface area contributed by atoms with Crippen LogP contribution >= 0.6 is 0 Å². The third-order valence-electron chi connectivity index (χ3n) is 3.61. The van der Waals surface area contributed by atoms with Crippen LogP contribution in [0, 0.1) is 6.92 Å². The molecule has 0 aromatic heterocycles. The minimum atomic E-state index is -0.136. The summed E-state index contributed by atoms with van der Waals surface area (Å²) in [6.45, 7) is 8.15. The van der Waals surface area contributed by atoms with Gasteiger partial charge in [-0.05, 0) is 25.6 Å². The highest BCUT2D eigenvalue weighted by atomic mass is 16.5. The van der Waals surface area contributed by atoms with Crippen molar-refractivity contribution >= 4 is 11.6 Å². The first kappa shape index (κ1) is 14.8. The Balaban J connectivity index is 1.90. The first-order valence-corrected chi connectivity index (χ1v) is 7.08. The van der Waals surface area contributed by atoms with E-state index in [9.17, 15) is 4.79 Å². The minimum Gasteiger partial charge on any atom is -0.398 e. The van der Waals surface area contributed by atoms with Gasteiger partial charge in [0.05, 0.1) is 18.3 Å². The molecular formula is C15H23N3O2. The number of rotatable bonds is 4. The molecule has 0 aliphatic carbocycles. The molecule has 1 amide bonds. The van der Waals surface area contributed by atoms with E-state index in [0.717, 1.165) is 31.8 Å². The van der Waals surface area contributed by atoms with Crippen LogP contribution < -0.4 is 11.1 Å². The van der Waals surface area contributed by atoms with E-state index in [1.165, 1.54) is 0 Å². The standard InChI is InChI=1S/C15H23N3O2/c1-3-18-6-7-20-12(10-18)9-17-15(19)13-8-11(2)4-5-14(13)16/h4-5,8,12H,3,6-7,9-10,16H2,1-2H3,(H,17,19). The molecule has 0 saturated carbocycles. The third-order valence-corrected chi connectivity index (χ3v) is 3.61. The molecule has 1 unspecified atom stereocenters. The highest BCUT2D eigenvalue weighted by Gasteiger charge is 2.20. The number of carbonyl (C=O) groups excluding carboxylic acids is 1. The Kier molecular flexibility index (Phi) is 4.98. The van der Waals surface area contributed by atoms with Gasteiger partial charge in [0.1, 0.15) is 0 Å². The zero-order valence-electron chi connectivity index (χ0n) is 12.2. The molecule has 1 heterocycles. The van der Waals surface area contributed by atoms with E-state index in [1.54, 1.807) is 6.07 Å². The molecule has 1 fully saturated rings. The van der Waals surface area contributed by atoms with Gasteiger partial charge >= 0.3 is 0 Å². The maximum Gasteiger partial charge on any atom is 0.253 e. The van der Waals surface area contributed by atoms with Crippen molar-refractivity contribution in [1.82, 2.24) is 10.2 Å². The number of nitrogen functional groups attached to an aromatic ring is 1. The van der Waals surface area contributed by atoms with Crippen molar-refractivity contribution in [2.75, 3.05) is 38.5 Å². The Bertz CT molecular complexity index is 476. The number of nitrogens with zero attached hydrogens (tertiary/aromatic N) is 1. The number of morpholine rings is 1. The lowest BCUT2D eigenvalue weighted by atomic mass is 10.1. The average molecular weight is 277 g/mol. The number of aryl methyl sites for hydroxylation is 1. The van der Waals surface area contributed by atoms with Gasteiger partial charge in [0.25, 0.3) is 5.91 Å². The molecule has 0 spiro atoms. The predicted octanol–water partition coefficient (Wildman–Crippen LogP) is 1.03. The maximum atomic E-state index is 12.2. The van der Waals surface area contributed by atoms with Gasteiger partial charge in [-0.2, -0.15) is 0 Å². The van der Waals surface area contributed by atoms with Crippen LogP contribution in [-0.2, 0) is 4.74 Å². The number of ether oxygens (including phenoxy) is 1. The van der Waals surface area contributed by atoms with E-state index in [4.69, 9.17) is 10.5 Å². The number of nitrogens with one attached hydrogen (secondary N) is 1. The summed E-state index contributed by atoms with van der Waals surface area (Å²) in [5.74, 6) is -0.136. The van der Waals surface area contributed by atoms with Gasteiger partial charge in [0.15, 0.2) is 0 Å². The van der Waals surface area contributed by atoms with Gasteiger partial charge in [-0.3, -0.25) is 9.69 Å². The second-order valence-electron chi connectivity index (χ2n) is 5.19. The van der Waals surface area contributed by atoms with Crippen LogP contribution in [-0.4, -0.2) is 49.7 Å². The summed E-state index contributed by atoms with van der Waals surface area (Å²) in [7, 11) is 0. The number of benzene rings is 1. The van der Waals surface area contributed by atoms with Gasteiger partial charge in [0.2, 0.25) is 0 Å². The van der Waals surface area contributed by atoms with Gasteiger partial charge in [-0.15, -0.1) is 0 Å². The molecule has 0 bridgehead atoms. The van der Waals surface area contributed by atoms with Crippen LogP contribution in [0.2, 0.25) is 0 Å². The van der Waals surface area contributed by atoms with Gasteiger partial charge in [-0.1, -0.05) is 18.6 Å². The Morgan fingerprint density at radius 3 is 3.10 bits per heavy atom. The minimum absolute atomic E-state index is 0.0543. The van der Waals surface area contributed by atoms with Crippen molar-refractivity contribution < 1.29 is 9.53 Å². The Morgan fingerprint density at radius 1 is 1.55 bits per heavy atom. The van der Waals surface area contributed by atoms with Crippen LogP contribution in [0.5, 0.6) is 0 Å². The summed E-state index contributed by atoms with van der Waals surface area (Å²) in [4.78, 5) is 14.5. The van der Waals surface area contributed by atoms with Gasteiger partial charge in [0, 0.05) is 25.3 Å². The molecule has 3 N–H and O–H groups in total. The van der Waals surface area contributed by atoms with E-state index in [0.29, 0.717) is 17.8 Å². The summed E-state index contributed by atoms with van der Waals surface area (Å²) in [6.07, 6.45) is 0.0543. The lowest BCUT2D eigenvalue weighted by molar-refractivity contribution is -0.0246. The van der Waals surface area contributed by atoms with E-state index < -0.39 is 0 Å². The van der Waals surface area contributed by atoms with Crippen LogP contribution in [0.1, 0.15) is 22.8 Å². The molecule has 1 saturated heterocycles. The molecule has 1 aromatic rings. The zero-order chi connectivity index (χ0) is 14.5. The van der Waals surface area contributed by atoms with Crippen molar-refractivity contribution in [3.63, 3.8) is 0 Å². The quantitative estimate of drug-likeness (QED) is 0.807. The molecule has 110 valence electrons. The lowest BCUT2D eigenvalue weighted by Gasteiger charge is -2.32. The highest BCUT2D eigenvalue weighted by molar-refractivity contribution is 5.99. The number of amides is 1. The van der Waals surface area contributed by atoms with Crippen molar-refractivity contribution in [3.05, 3.63) is 29.3 Å². The maximum absolute atomic E-state index is 12.2. The topological polar surface area (TPSA) is 67.6 Å². The fourth-order valence-corrected chi connectivity index (χ4v) is 2.36. The number of hydrogen-bond acceptors (Lipinski definition) is 4. The van der Waals surface area contributed by atoms with Crippen LogP contribution in [0.4, 0.5) is 5.69 Å². The number of nitrogens with two attached hydrogens (primary N) is 1. The first-order chi connectivity index (χ1) is 9.60. The van der Waals surface area contributed by atoms with Crippen molar-refractivity contribution in [1.29, 1.82) is 0 Å². The Morgan fingerprint density at radius 2 is 2.35 bits per heavy atom. The van der Waals surface area contributed by atoms with E-state index in [2.05, 4.69) is 17.1 Å². The third kappa shape index (κ3) is 3.71. The molecular weight excluding hydrogens is 254 g/mol. The molecule has 1 aliphatic heterocycles. The van der Waals surface area contributed by atoms with Gasteiger partial charge < -0.3 is 15.8 Å². The average Bonchev–Trinajstić information content (AvgIpc) is 2.47. The van der Waals surface area contributed by atoms with Crippen LogP contribution in [0.25, 0.3) is 0 Å². The summed E-state index contributed by atoms with van der Waals surface area (Å²) < 4.78 is 5.66. The molecule has 1 atom stereocenters. The molecule has 2 rings (SSSR count). The predicted molar refractivity (Wildman–Crippen MR) is 79.8 cm³/mol. The number of carbonyl (C=O) groups is 1. The zero-order valence-corrected chi connectivity index (χ0v) is 12.2. The first-order valence-electron chi connectivity index (χ1n) is 7.08. The van der Waals surface area contributed by atoms with E-state index in [1.807, 2.05) is 19.1 Å². The second-order valence-corrected chi connectivity index (χ2v) is 5.19. The molecule has 0 radical (unpaired) electrons. The Hall–Kier alpha value is -1.59.